The number of hydrogen-bond acceptors (Lipinski definition) is 7. The van der Waals surface area contributed by atoms with Crippen molar-refractivity contribution in [1.82, 2.24) is 20.3 Å². The van der Waals surface area contributed by atoms with E-state index in [1.54, 1.807) is 0 Å². The summed E-state index contributed by atoms with van der Waals surface area (Å²) in [5, 5.41) is 25.3. The Hall–Kier alpha value is -3.98. The van der Waals surface area contributed by atoms with Crippen LogP contribution < -0.4 is 14.8 Å². The molecular weight excluding hydrogens is 456 g/mol. The van der Waals surface area contributed by atoms with Gasteiger partial charge in [0.25, 0.3) is 0 Å². The number of aliphatic hydroxyl groups is 2. The Kier molecular flexibility index (Phi) is 7.37. The Bertz CT molecular complexity index is 1420. The number of rotatable bonds is 11. The first-order chi connectivity index (χ1) is 17.7. The lowest BCUT2D eigenvalue weighted by atomic mass is 10.1. The summed E-state index contributed by atoms with van der Waals surface area (Å²) in [5.74, 6) is 1.90. The molecule has 0 bridgehead atoms. The second-order valence-electron chi connectivity index (χ2n) is 8.59. The highest BCUT2D eigenvalue weighted by molar-refractivity contribution is 5.85. The van der Waals surface area contributed by atoms with Gasteiger partial charge in [-0.1, -0.05) is 30.3 Å². The molecule has 8 heteroatoms. The van der Waals surface area contributed by atoms with Gasteiger partial charge in [0.05, 0.1) is 17.5 Å². The maximum Gasteiger partial charge on any atom is 0.230 e. The molecule has 0 aliphatic carbocycles. The molecule has 0 amide bonds. The highest BCUT2D eigenvalue weighted by Crippen LogP contribution is 2.27. The summed E-state index contributed by atoms with van der Waals surface area (Å²) in [6.45, 7) is 0.400. The third-order valence-electron chi connectivity index (χ3n) is 5.97. The molecule has 0 unspecified atom stereocenters. The third-order valence-corrected chi connectivity index (χ3v) is 5.97. The topological polar surface area (TPSA) is 113 Å². The molecule has 0 aliphatic rings. The second-order valence-corrected chi connectivity index (χ2v) is 8.59. The number of aliphatic hydroxyl groups excluding tert-OH is 2. The van der Waals surface area contributed by atoms with Gasteiger partial charge in [0.2, 0.25) is 5.88 Å². The van der Waals surface area contributed by atoms with Gasteiger partial charge < -0.3 is 30.0 Å². The molecule has 184 valence electrons. The summed E-state index contributed by atoms with van der Waals surface area (Å²) in [6.07, 6.45) is 3.23. The normalized spacial score (nSPS) is 13.1. The highest BCUT2D eigenvalue weighted by Gasteiger charge is 2.13. The summed E-state index contributed by atoms with van der Waals surface area (Å²) in [5.41, 5.74) is 2.85. The van der Waals surface area contributed by atoms with Crippen molar-refractivity contribution in [3.05, 3.63) is 90.9 Å². The van der Waals surface area contributed by atoms with E-state index in [4.69, 9.17) is 9.47 Å². The Labute approximate surface area is 208 Å². The molecule has 0 spiro atoms. The number of ether oxygens (including phenoxy) is 2. The van der Waals surface area contributed by atoms with E-state index in [0.717, 1.165) is 33.1 Å². The van der Waals surface area contributed by atoms with Gasteiger partial charge in [-0.2, -0.15) is 0 Å². The van der Waals surface area contributed by atoms with Crippen LogP contribution in [0.1, 0.15) is 5.56 Å². The Morgan fingerprint density at radius 3 is 2.64 bits per heavy atom. The Morgan fingerprint density at radius 2 is 1.78 bits per heavy atom. The lowest BCUT2D eigenvalue weighted by Gasteiger charge is -2.19. The first-order valence-electron chi connectivity index (χ1n) is 11.9. The maximum atomic E-state index is 10.4. The quantitative estimate of drug-likeness (QED) is 0.225. The molecule has 36 heavy (non-hydrogen) atoms. The monoisotopic (exact) mass is 484 g/mol. The van der Waals surface area contributed by atoms with Crippen LogP contribution in [0.25, 0.3) is 21.8 Å². The maximum absolute atomic E-state index is 10.4. The van der Waals surface area contributed by atoms with Crippen molar-refractivity contribution in [2.24, 2.45) is 0 Å². The molecule has 4 N–H and O–H groups in total. The first-order valence-corrected chi connectivity index (χ1v) is 11.9. The summed E-state index contributed by atoms with van der Waals surface area (Å²) in [4.78, 5) is 11.7. The molecule has 5 aromatic rings. The summed E-state index contributed by atoms with van der Waals surface area (Å²) >= 11 is 0. The minimum absolute atomic E-state index is 0.0542. The van der Waals surface area contributed by atoms with Crippen LogP contribution in [0.15, 0.2) is 85.3 Å². The summed E-state index contributed by atoms with van der Waals surface area (Å²) in [7, 11) is 0. The number of H-pyrrole nitrogens is 1. The standard InChI is InChI=1S/C28H28N4O4/c33-16-20(30-15-21(34)17-35-27-7-3-6-25-23(27)12-13-29-25)14-19-8-10-22(11-9-19)36-28-24-4-1-2-5-26(24)31-18-32-28/h1-13,18,20-21,29-30,33-34H,14-17H2/t20-,21-/m0/s1. The smallest absolute Gasteiger partial charge is 0.230 e. The zero-order valence-corrected chi connectivity index (χ0v) is 19.7. The van der Waals surface area contributed by atoms with Gasteiger partial charge >= 0.3 is 0 Å². The van der Waals surface area contributed by atoms with Gasteiger partial charge in [0.1, 0.15) is 30.5 Å². The van der Waals surface area contributed by atoms with E-state index in [-0.39, 0.29) is 19.3 Å². The van der Waals surface area contributed by atoms with Crippen molar-refractivity contribution in [2.75, 3.05) is 19.8 Å². The zero-order chi connectivity index (χ0) is 24.7. The Morgan fingerprint density at radius 1 is 0.917 bits per heavy atom. The SMILES string of the molecule is OC[C@H](Cc1ccc(Oc2ncnc3ccccc23)cc1)NC[C@H](O)COc1cccc2[nH]ccc12. The highest BCUT2D eigenvalue weighted by atomic mass is 16.5. The number of hydrogen-bond donors (Lipinski definition) is 4. The van der Waals surface area contributed by atoms with Crippen molar-refractivity contribution in [3.63, 3.8) is 0 Å². The van der Waals surface area contributed by atoms with E-state index >= 15 is 0 Å². The van der Waals surface area contributed by atoms with Crippen molar-refractivity contribution in [3.8, 4) is 17.4 Å². The van der Waals surface area contributed by atoms with E-state index in [0.29, 0.717) is 24.6 Å². The lowest BCUT2D eigenvalue weighted by molar-refractivity contribution is 0.100. The number of nitrogens with zero attached hydrogens (tertiary/aromatic N) is 2. The van der Waals surface area contributed by atoms with Crippen LogP contribution >= 0.6 is 0 Å². The Balaban J connectivity index is 1.12. The second kappa shape index (κ2) is 11.2. The predicted molar refractivity (Wildman–Crippen MR) is 138 cm³/mol. The minimum Gasteiger partial charge on any atom is -0.490 e. The summed E-state index contributed by atoms with van der Waals surface area (Å²) < 4.78 is 11.8. The van der Waals surface area contributed by atoms with Gasteiger partial charge in [-0.05, 0) is 54.4 Å². The number of nitrogens with one attached hydrogen (secondary N) is 2. The average molecular weight is 485 g/mol. The number of aromatic amines is 1. The van der Waals surface area contributed by atoms with E-state index in [1.165, 1.54) is 6.33 Å². The summed E-state index contributed by atoms with van der Waals surface area (Å²) in [6, 6.07) is 22.9. The largest absolute Gasteiger partial charge is 0.490 e. The molecule has 2 heterocycles. The van der Waals surface area contributed by atoms with Gasteiger partial charge in [-0.3, -0.25) is 0 Å². The van der Waals surface area contributed by atoms with E-state index < -0.39 is 6.10 Å². The molecular formula is C28H28N4O4. The predicted octanol–water partition coefficient (Wildman–Crippen LogP) is 3.84. The number of para-hydroxylation sites is 1. The third kappa shape index (κ3) is 5.63. The first kappa shape index (κ1) is 23.7. The van der Waals surface area contributed by atoms with Crippen LogP contribution in [-0.2, 0) is 6.42 Å². The van der Waals surface area contributed by atoms with Gasteiger partial charge in [-0.25, -0.2) is 9.97 Å². The molecule has 5 rings (SSSR count). The fourth-order valence-corrected chi connectivity index (χ4v) is 4.08. The molecule has 3 aromatic carbocycles. The van der Waals surface area contributed by atoms with Gasteiger partial charge in [-0.15, -0.1) is 0 Å². The fourth-order valence-electron chi connectivity index (χ4n) is 4.08. The number of fused-ring (bicyclic) bond motifs is 2. The van der Waals surface area contributed by atoms with Gasteiger partial charge in [0.15, 0.2) is 0 Å². The molecule has 0 saturated carbocycles. The van der Waals surface area contributed by atoms with Crippen molar-refractivity contribution < 1.29 is 19.7 Å². The molecule has 0 radical (unpaired) electrons. The van der Waals surface area contributed by atoms with Crippen LogP contribution in [0.3, 0.4) is 0 Å². The van der Waals surface area contributed by atoms with E-state index in [2.05, 4.69) is 20.3 Å². The van der Waals surface area contributed by atoms with Crippen molar-refractivity contribution in [1.29, 1.82) is 0 Å². The number of benzene rings is 3. The minimum atomic E-state index is -0.716. The molecule has 2 atom stereocenters. The van der Waals surface area contributed by atoms with Crippen LogP contribution in [0, 0.1) is 0 Å². The van der Waals surface area contributed by atoms with Crippen molar-refractivity contribution in [2.45, 2.75) is 18.6 Å². The number of aromatic nitrogens is 3. The molecule has 0 fully saturated rings. The van der Waals surface area contributed by atoms with Crippen molar-refractivity contribution >= 4 is 21.8 Å². The van der Waals surface area contributed by atoms with E-state index in [9.17, 15) is 10.2 Å². The van der Waals surface area contributed by atoms with Crippen LogP contribution in [-0.4, -0.2) is 57.1 Å². The average Bonchev–Trinajstić information content (AvgIpc) is 3.41. The lowest BCUT2D eigenvalue weighted by Crippen LogP contribution is -2.41. The zero-order valence-electron chi connectivity index (χ0n) is 19.7. The molecule has 0 aliphatic heterocycles. The van der Waals surface area contributed by atoms with Gasteiger partial charge in [0, 0.05) is 29.7 Å². The van der Waals surface area contributed by atoms with Crippen LogP contribution in [0.4, 0.5) is 0 Å². The molecule has 0 saturated heterocycles. The molecule has 8 nitrogen and oxygen atoms in total. The van der Waals surface area contributed by atoms with Crippen LogP contribution in [0.5, 0.6) is 17.4 Å². The van der Waals surface area contributed by atoms with E-state index in [1.807, 2.05) is 79.0 Å². The molecule has 2 aromatic heterocycles. The fraction of sp³-hybridized carbons (Fsp3) is 0.214. The van der Waals surface area contributed by atoms with Crippen LogP contribution in [0.2, 0.25) is 0 Å².